The standard InChI is InChI=1S/C11H13F5I2N2O4/c1-6(23-5(21)7(2,17)11-18(19-11)20-11)3-8(22,10(14,15)16)24-9(12,13)4-6/h19-20,22H,3-4H2,1-2H3. The van der Waals surface area contributed by atoms with Crippen molar-refractivity contribution in [3.8, 4) is 0 Å². The zero-order valence-corrected chi connectivity index (χ0v) is 16.5. The summed E-state index contributed by atoms with van der Waals surface area (Å²) < 4.78 is 79.1. The molecule has 0 spiro atoms. The predicted octanol–water partition coefficient (Wildman–Crippen LogP) is 2.33. The number of fused-ring (bicyclic) bond motifs is 1. The van der Waals surface area contributed by atoms with Crippen LogP contribution in [-0.4, -0.2) is 41.8 Å². The van der Waals surface area contributed by atoms with Crippen molar-refractivity contribution in [1.82, 2.24) is 7.06 Å². The van der Waals surface area contributed by atoms with Gasteiger partial charge in [0.25, 0.3) is 0 Å². The Morgan fingerprint density at radius 2 is 1.83 bits per heavy atom. The minimum atomic E-state index is -5.47. The van der Waals surface area contributed by atoms with Crippen molar-refractivity contribution in [2.75, 3.05) is 0 Å². The van der Waals surface area contributed by atoms with E-state index < -0.39 is 69.9 Å². The zero-order valence-electron chi connectivity index (χ0n) is 12.2. The Balaban J connectivity index is 1.81. The van der Waals surface area contributed by atoms with Gasteiger partial charge in [0, 0.05) is 0 Å². The van der Waals surface area contributed by atoms with Gasteiger partial charge in [-0.2, -0.15) is 0 Å². The Hall–Kier alpha value is 0.420. The first kappa shape index (κ1) is 19.2. The number of aliphatic hydroxyl groups is 1. The summed E-state index contributed by atoms with van der Waals surface area (Å²) in [6.07, 6.45) is -12.4. The number of hydrogen-bond acceptors (Lipinski definition) is 6. The van der Waals surface area contributed by atoms with Gasteiger partial charge in [-0.1, -0.05) is 0 Å². The second kappa shape index (κ2) is 5.02. The molecule has 6 nitrogen and oxygen atoms in total. The van der Waals surface area contributed by atoms with E-state index >= 15 is 0 Å². The molecule has 0 aromatic carbocycles. The normalized spacial score (nSPS) is 40.3. The molecule has 13 heteroatoms. The molecule has 3 unspecified atom stereocenters. The number of hydrogen-bond donors (Lipinski definition) is 3. The summed E-state index contributed by atoms with van der Waals surface area (Å²) in [4.78, 5) is 12.4. The van der Waals surface area contributed by atoms with E-state index in [9.17, 15) is 31.9 Å². The molecule has 0 aliphatic carbocycles. The summed E-state index contributed by atoms with van der Waals surface area (Å²) in [5.41, 5.74) is -2.24. The fraction of sp³-hybridized carbons (Fsp3) is 0.909. The van der Waals surface area contributed by atoms with Crippen molar-refractivity contribution in [3.63, 3.8) is 0 Å². The maximum atomic E-state index is 13.6. The van der Waals surface area contributed by atoms with Gasteiger partial charge >= 0.3 is 155 Å². The van der Waals surface area contributed by atoms with Crippen LogP contribution in [0, 0.1) is 0 Å². The van der Waals surface area contributed by atoms with Crippen LogP contribution in [0.2, 0.25) is 0 Å². The number of carbonyl (C=O) groups excluding carboxylic acids is 1. The second-order valence-corrected chi connectivity index (χ2v) is 12.8. The molecular formula is C11H13F5I2N2O4. The van der Waals surface area contributed by atoms with Crippen molar-refractivity contribution >= 4 is 48.9 Å². The van der Waals surface area contributed by atoms with Crippen LogP contribution in [0.3, 0.4) is 0 Å². The fourth-order valence-electron chi connectivity index (χ4n) is 2.59. The van der Waals surface area contributed by atoms with E-state index in [1.807, 2.05) is 0 Å². The minimum absolute atomic E-state index is 0.570. The van der Waals surface area contributed by atoms with Gasteiger partial charge in [-0.05, 0) is 0 Å². The molecule has 3 rings (SSSR count). The first-order valence-corrected chi connectivity index (χ1v) is 10.9. The van der Waals surface area contributed by atoms with E-state index in [4.69, 9.17) is 4.74 Å². The predicted molar refractivity (Wildman–Crippen MR) is 86.2 cm³/mol. The average molecular weight is 586 g/mol. The molecule has 0 radical (unpaired) electrons. The molecule has 3 fully saturated rings. The Morgan fingerprint density at radius 3 is 2.25 bits per heavy atom. The van der Waals surface area contributed by atoms with E-state index in [-0.39, 0.29) is 0 Å². The summed E-state index contributed by atoms with van der Waals surface area (Å²) in [6, 6.07) is 0. The molecule has 0 aromatic heterocycles. The van der Waals surface area contributed by atoms with Gasteiger partial charge in [0.15, 0.2) is 0 Å². The van der Waals surface area contributed by atoms with Gasteiger partial charge in [0.1, 0.15) is 0 Å². The van der Waals surface area contributed by atoms with Crippen molar-refractivity contribution in [1.29, 1.82) is 0 Å². The first-order valence-electron chi connectivity index (χ1n) is 6.61. The van der Waals surface area contributed by atoms with Crippen molar-refractivity contribution in [2.24, 2.45) is 0 Å². The molecule has 3 N–H and O–H groups in total. The molecule has 0 amide bonds. The van der Waals surface area contributed by atoms with Crippen LogP contribution in [-0.2, 0) is 14.3 Å². The van der Waals surface area contributed by atoms with Crippen LogP contribution in [0.1, 0.15) is 26.7 Å². The van der Waals surface area contributed by atoms with E-state index in [2.05, 4.69) is 11.8 Å². The van der Waals surface area contributed by atoms with Crippen LogP contribution in [0.15, 0.2) is 0 Å². The topological polar surface area (TPSA) is 99.6 Å². The number of ether oxygens (including phenoxy) is 2. The molecule has 24 heavy (non-hydrogen) atoms. The number of rotatable bonds is 3. The summed E-state index contributed by atoms with van der Waals surface area (Å²) >= 11 is 0.210. The van der Waals surface area contributed by atoms with Crippen molar-refractivity contribution < 1.29 is 41.3 Å². The number of halogens is 7. The van der Waals surface area contributed by atoms with Crippen LogP contribution in [0.5, 0.6) is 0 Å². The third kappa shape index (κ3) is 2.91. The Labute approximate surface area is 154 Å². The first-order chi connectivity index (χ1) is 10.6. The van der Waals surface area contributed by atoms with Crippen LogP contribution in [0.4, 0.5) is 22.0 Å². The third-order valence-electron chi connectivity index (χ3n) is 3.99. The Morgan fingerprint density at radius 1 is 1.33 bits per heavy atom. The Bertz CT molecular complexity index is 597. The third-order valence-corrected chi connectivity index (χ3v) is 11.1. The summed E-state index contributed by atoms with van der Waals surface area (Å²) in [6.45, 7) is 2.44. The molecule has 0 aromatic rings. The summed E-state index contributed by atoms with van der Waals surface area (Å²) in [7, 11) is 0. The second-order valence-electron chi connectivity index (χ2n) is 6.35. The van der Waals surface area contributed by atoms with Gasteiger partial charge in [-0.15, -0.1) is 0 Å². The summed E-state index contributed by atoms with van der Waals surface area (Å²) in [5.74, 6) is -5.03. The van der Waals surface area contributed by atoms with Crippen LogP contribution in [0.25, 0.3) is 0 Å². The number of nitrogens with one attached hydrogen (secondary N) is 2. The molecule has 3 heterocycles. The van der Waals surface area contributed by atoms with Crippen molar-refractivity contribution in [3.05, 3.63) is 0 Å². The number of alkyl halides is 7. The molecule has 3 atom stereocenters. The SMILES string of the molecule is CC1(OC(=O)C(C)(I)C23NI2N3)CC(F)(F)OC(O)(C(F)(F)F)C1. The van der Waals surface area contributed by atoms with E-state index in [0.717, 1.165) is 6.92 Å². The van der Waals surface area contributed by atoms with Gasteiger partial charge < -0.3 is 0 Å². The van der Waals surface area contributed by atoms with Crippen LogP contribution < -0.4 is 7.06 Å². The maximum absolute atomic E-state index is 13.6. The molecule has 140 valence electrons. The quantitative estimate of drug-likeness (QED) is 0.0895. The van der Waals surface area contributed by atoms with Gasteiger partial charge in [-0.25, -0.2) is 0 Å². The van der Waals surface area contributed by atoms with Crippen molar-refractivity contribution in [2.45, 2.75) is 57.5 Å². The van der Waals surface area contributed by atoms with E-state index in [0.29, 0.717) is 0 Å². The van der Waals surface area contributed by atoms with Gasteiger partial charge in [0.2, 0.25) is 0 Å². The zero-order chi connectivity index (χ0) is 18.4. The molecular weight excluding hydrogens is 573 g/mol. The summed E-state index contributed by atoms with van der Waals surface area (Å²) in [5, 5.41) is 9.54. The number of esters is 1. The fourth-order valence-corrected chi connectivity index (χ4v) is 10.3. The monoisotopic (exact) mass is 586 g/mol. The number of carbonyl (C=O) groups is 1. The molecule has 0 bridgehead atoms. The average Bonchev–Trinajstić information content (AvgIpc) is 3.09. The van der Waals surface area contributed by atoms with E-state index in [1.165, 1.54) is 6.92 Å². The van der Waals surface area contributed by atoms with Gasteiger partial charge in [0.05, 0.1) is 0 Å². The molecule has 3 aliphatic rings. The molecule has 0 saturated carbocycles. The molecule has 3 aliphatic heterocycles. The van der Waals surface area contributed by atoms with Crippen LogP contribution >= 0.6 is 43.0 Å². The molecule has 3 saturated heterocycles. The van der Waals surface area contributed by atoms with Gasteiger partial charge in [-0.3, -0.25) is 0 Å². The Kier molecular flexibility index (Phi) is 4.01. The van der Waals surface area contributed by atoms with E-state index in [1.54, 1.807) is 22.6 Å².